The monoisotopic (exact) mass is 296 g/mol. The Hall–Kier alpha value is -1.43. The van der Waals surface area contributed by atoms with Crippen molar-refractivity contribution in [3.63, 3.8) is 0 Å². The predicted molar refractivity (Wildman–Crippen MR) is 87.1 cm³/mol. The highest BCUT2D eigenvalue weighted by Crippen LogP contribution is 2.25. The molecule has 0 aliphatic carbocycles. The molecule has 1 unspecified atom stereocenters. The number of amidine groups is 1. The van der Waals surface area contributed by atoms with E-state index in [0.29, 0.717) is 11.6 Å². The molecule has 0 saturated carbocycles. The van der Waals surface area contributed by atoms with Gasteiger partial charge in [0.25, 0.3) is 0 Å². The average Bonchev–Trinajstić information content (AvgIpc) is 2.42. The summed E-state index contributed by atoms with van der Waals surface area (Å²) < 4.78 is 0. The zero-order valence-corrected chi connectivity index (χ0v) is 13.7. The number of thioether (sulfide) groups is 1. The van der Waals surface area contributed by atoms with Crippen LogP contribution in [-0.4, -0.2) is 41.1 Å². The summed E-state index contributed by atoms with van der Waals surface area (Å²) in [7, 11) is 2.04. The van der Waals surface area contributed by atoms with Crippen LogP contribution in [0.15, 0.2) is 11.2 Å². The maximum Gasteiger partial charge on any atom is 0.174 e. The number of aromatic nitrogens is 1. The van der Waals surface area contributed by atoms with E-state index in [2.05, 4.69) is 28.2 Å². The molecular formula is C14H24N4OS. The van der Waals surface area contributed by atoms with E-state index >= 15 is 0 Å². The molecule has 3 N–H and O–H groups in total. The lowest BCUT2D eigenvalue weighted by Gasteiger charge is -2.29. The molecule has 1 heterocycles. The van der Waals surface area contributed by atoms with Gasteiger partial charge in [-0.25, -0.2) is 0 Å². The van der Waals surface area contributed by atoms with Crippen molar-refractivity contribution in [1.29, 1.82) is 0 Å². The molecule has 6 heteroatoms. The van der Waals surface area contributed by atoms with Crippen LogP contribution >= 0.6 is 11.8 Å². The van der Waals surface area contributed by atoms with Crippen LogP contribution in [0.4, 0.5) is 5.69 Å². The van der Waals surface area contributed by atoms with Crippen molar-refractivity contribution < 1.29 is 5.21 Å². The summed E-state index contributed by atoms with van der Waals surface area (Å²) in [5.41, 5.74) is 9.18. The Balaban J connectivity index is 3.21. The van der Waals surface area contributed by atoms with E-state index < -0.39 is 0 Å². The third kappa shape index (κ3) is 3.79. The average molecular weight is 296 g/mol. The normalized spacial score (nSPS) is 13.3. The molecule has 0 aliphatic heterocycles. The number of pyridine rings is 1. The highest BCUT2D eigenvalue weighted by Gasteiger charge is 2.19. The summed E-state index contributed by atoms with van der Waals surface area (Å²) in [5, 5.41) is 12.1. The van der Waals surface area contributed by atoms with Crippen LogP contribution in [0.25, 0.3) is 0 Å². The zero-order valence-electron chi connectivity index (χ0n) is 12.8. The van der Waals surface area contributed by atoms with Crippen molar-refractivity contribution in [3.8, 4) is 0 Å². The van der Waals surface area contributed by atoms with Gasteiger partial charge in [0.2, 0.25) is 0 Å². The molecule has 0 saturated heterocycles. The number of oxime groups is 1. The van der Waals surface area contributed by atoms with Crippen LogP contribution in [0.3, 0.4) is 0 Å². The van der Waals surface area contributed by atoms with E-state index in [1.165, 1.54) is 0 Å². The largest absolute Gasteiger partial charge is 0.409 e. The highest BCUT2D eigenvalue weighted by atomic mass is 32.2. The number of nitrogens with two attached hydrogens (primary N) is 1. The van der Waals surface area contributed by atoms with Gasteiger partial charge in [-0.2, -0.15) is 11.8 Å². The van der Waals surface area contributed by atoms with Gasteiger partial charge < -0.3 is 15.8 Å². The lowest BCUT2D eigenvalue weighted by Crippen LogP contribution is -2.32. The quantitative estimate of drug-likeness (QED) is 0.365. The van der Waals surface area contributed by atoms with Crippen LogP contribution in [0, 0.1) is 13.8 Å². The fourth-order valence-corrected chi connectivity index (χ4v) is 2.75. The number of aryl methyl sites for hydroxylation is 2. The summed E-state index contributed by atoms with van der Waals surface area (Å²) in [6.45, 7) is 6.01. The smallest absolute Gasteiger partial charge is 0.174 e. The van der Waals surface area contributed by atoms with Gasteiger partial charge in [0.05, 0.1) is 16.9 Å². The van der Waals surface area contributed by atoms with Gasteiger partial charge in [0.15, 0.2) is 5.84 Å². The van der Waals surface area contributed by atoms with Crippen molar-refractivity contribution in [1.82, 2.24) is 4.98 Å². The number of anilines is 1. The zero-order chi connectivity index (χ0) is 15.3. The van der Waals surface area contributed by atoms with Gasteiger partial charge in [-0.3, -0.25) is 4.98 Å². The minimum Gasteiger partial charge on any atom is -0.409 e. The van der Waals surface area contributed by atoms with E-state index in [9.17, 15) is 0 Å². The Morgan fingerprint density at radius 2 is 2.20 bits per heavy atom. The molecule has 0 aliphatic rings. The minimum absolute atomic E-state index is 0.105. The Labute approximate surface area is 125 Å². The first-order valence-corrected chi connectivity index (χ1v) is 7.99. The summed E-state index contributed by atoms with van der Waals surface area (Å²) in [6, 6.07) is 2.35. The van der Waals surface area contributed by atoms with E-state index in [1.54, 1.807) is 0 Å². The third-order valence-corrected chi connectivity index (χ3v) is 4.10. The van der Waals surface area contributed by atoms with Crippen molar-refractivity contribution >= 4 is 23.3 Å². The highest BCUT2D eigenvalue weighted by molar-refractivity contribution is 7.98. The lowest BCUT2D eigenvalue weighted by molar-refractivity contribution is 0.318. The summed E-state index contributed by atoms with van der Waals surface area (Å²) in [6.07, 6.45) is 3.18. The molecule has 0 amide bonds. The number of rotatable bonds is 6. The summed E-state index contributed by atoms with van der Waals surface area (Å²) in [5.74, 6) is 1.21. The van der Waals surface area contributed by atoms with E-state index in [1.807, 2.05) is 38.7 Å². The molecule has 0 bridgehead atoms. The molecule has 1 rings (SSSR count). The molecule has 1 aromatic heterocycles. The molecule has 0 radical (unpaired) electrons. The molecule has 112 valence electrons. The van der Waals surface area contributed by atoms with Crippen LogP contribution in [0.1, 0.15) is 30.3 Å². The fraction of sp³-hybridized carbons (Fsp3) is 0.571. The van der Waals surface area contributed by atoms with Gasteiger partial charge in [0.1, 0.15) is 0 Å². The molecule has 5 nitrogen and oxygen atoms in total. The van der Waals surface area contributed by atoms with E-state index in [4.69, 9.17) is 10.9 Å². The third-order valence-electron chi connectivity index (χ3n) is 3.45. The molecule has 0 fully saturated rings. The van der Waals surface area contributed by atoms with Crippen molar-refractivity contribution in [3.05, 3.63) is 23.0 Å². The Kier molecular flexibility index (Phi) is 6.13. The number of hydrogen-bond donors (Lipinski definition) is 2. The maximum absolute atomic E-state index is 8.98. The second-order valence-electron chi connectivity index (χ2n) is 4.97. The molecular weight excluding hydrogens is 272 g/mol. The van der Waals surface area contributed by atoms with Crippen molar-refractivity contribution in [2.45, 2.75) is 33.2 Å². The standard InChI is InChI=1S/C14H24N4OS/c1-9-8-12(18(4)10(2)6-7-20-5)13(11(3)16-9)14(15)17-19/h8,10,19H,6-7H2,1-5H3,(H2,15,17). The van der Waals surface area contributed by atoms with Crippen LogP contribution < -0.4 is 10.6 Å². The number of hydrogen-bond acceptors (Lipinski definition) is 5. The van der Waals surface area contributed by atoms with E-state index in [0.717, 1.165) is 29.2 Å². The molecule has 1 aromatic rings. The van der Waals surface area contributed by atoms with Gasteiger partial charge in [-0.1, -0.05) is 5.16 Å². The molecule has 0 spiro atoms. The predicted octanol–water partition coefficient (Wildman–Crippen LogP) is 2.37. The maximum atomic E-state index is 8.98. The van der Waals surface area contributed by atoms with Gasteiger partial charge >= 0.3 is 0 Å². The van der Waals surface area contributed by atoms with Crippen LogP contribution in [0.2, 0.25) is 0 Å². The second kappa shape index (κ2) is 7.38. The fourth-order valence-electron chi connectivity index (χ4n) is 2.17. The van der Waals surface area contributed by atoms with Crippen molar-refractivity contribution in [2.24, 2.45) is 10.9 Å². The summed E-state index contributed by atoms with van der Waals surface area (Å²) >= 11 is 1.84. The summed E-state index contributed by atoms with van der Waals surface area (Å²) in [4.78, 5) is 6.58. The van der Waals surface area contributed by atoms with Crippen LogP contribution in [0.5, 0.6) is 0 Å². The van der Waals surface area contributed by atoms with Gasteiger partial charge in [-0.05, 0) is 45.3 Å². The topological polar surface area (TPSA) is 74.7 Å². The molecule has 0 aromatic carbocycles. The Morgan fingerprint density at radius 3 is 2.75 bits per heavy atom. The SMILES string of the molecule is CSCCC(C)N(C)c1cc(C)nc(C)c1/C(N)=N/O. The Bertz CT molecular complexity index is 490. The lowest BCUT2D eigenvalue weighted by atomic mass is 10.1. The van der Waals surface area contributed by atoms with E-state index in [-0.39, 0.29) is 5.84 Å². The first-order valence-electron chi connectivity index (χ1n) is 6.60. The number of nitrogens with zero attached hydrogens (tertiary/aromatic N) is 3. The first-order chi connectivity index (χ1) is 9.42. The first kappa shape index (κ1) is 16.6. The Morgan fingerprint density at radius 1 is 1.55 bits per heavy atom. The molecule has 20 heavy (non-hydrogen) atoms. The second-order valence-corrected chi connectivity index (χ2v) is 5.96. The van der Waals surface area contributed by atoms with Gasteiger partial charge in [0, 0.05) is 18.8 Å². The van der Waals surface area contributed by atoms with Gasteiger partial charge in [-0.15, -0.1) is 0 Å². The van der Waals surface area contributed by atoms with Crippen molar-refractivity contribution in [2.75, 3.05) is 24.0 Å². The minimum atomic E-state index is 0.105. The molecule has 1 atom stereocenters. The van der Waals surface area contributed by atoms with Crippen LogP contribution in [-0.2, 0) is 0 Å².